The normalized spacial score (nSPS) is 10.5. The largest absolute Gasteiger partial charge is 0.399 e. The molecule has 2 aromatic rings. The zero-order chi connectivity index (χ0) is 14.4. The molecule has 0 saturated carbocycles. The topological polar surface area (TPSA) is 29.3 Å². The molecule has 0 heterocycles. The van der Waals surface area contributed by atoms with Gasteiger partial charge in [-0.15, -0.1) is 0 Å². The van der Waals surface area contributed by atoms with E-state index in [0.717, 1.165) is 24.3 Å². The molecule has 106 valence electrons. The van der Waals surface area contributed by atoms with E-state index >= 15 is 0 Å². The van der Waals surface area contributed by atoms with Crippen LogP contribution in [0.3, 0.4) is 0 Å². The van der Waals surface area contributed by atoms with E-state index in [0.29, 0.717) is 0 Å². The van der Waals surface area contributed by atoms with Crippen molar-refractivity contribution in [3.63, 3.8) is 0 Å². The first-order valence-electron chi connectivity index (χ1n) is 7.35. The van der Waals surface area contributed by atoms with Gasteiger partial charge in [0.05, 0.1) is 0 Å². The Balaban J connectivity index is 2.17. The highest BCUT2D eigenvalue weighted by Gasteiger charge is 2.07. The first-order chi connectivity index (χ1) is 9.70. The van der Waals surface area contributed by atoms with Gasteiger partial charge >= 0.3 is 0 Å². The van der Waals surface area contributed by atoms with Crippen molar-refractivity contribution in [2.75, 3.05) is 17.2 Å². The van der Waals surface area contributed by atoms with Crippen molar-refractivity contribution in [2.24, 2.45) is 0 Å². The molecule has 2 aromatic carbocycles. The highest BCUT2D eigenvalue weighted by Crippen LogP contribution is 2.20. The van der Waals surface area contributed by atoms with E-state index in [1.54, 1.807) is 0 Å². The van der Waals surface area contributed by atoms with E-state index < -0.39 is 0 Å². The lowest BCUT2D eigenvalue weighted by Gasteiger charge is -2.25. The molecule has 0 spiro atoms. The fraction of sp³-hybridized carbons (Fsp3) is 0.333. The second-order valence-electron chi connectivity index (χ2n) is 5.30. The number of nitrogens with zero attached hydrogens (tertiary/aromatic N) is 1. The van der Waals surface area contributed by atoms with Crippen molar-refractivity contribution >= 4 is 11.4 Å². The molecule has 0 amide bonds. The van der Waals surface area contributed by atoms with Gasteiger partial charge in [-0.1, -0.05) is 43.7 Å². The number of nitrogens with two attached hydrogens (primary N) is 1. The van der Waals surface area contributed by atoms with E-state index in [9.17, 15) is 0 Å². The number of aryl methyl sites for hydroxylation is 1. The highest BCUT2D eigenvalue weighted by molar-refractivity contribution is 5.51. The fourth-order valence-corrected chi connectivity index (χ4v) is 2.30. The van der Waals surface area contributed by atoms with Gasteiger partial charge in [-0.3, -0.25) is 0 Å². The molecule has 2 nitrogen and oxygen atoms in total. The average Bonchev–Trinajstić information content (AvgIpc) is 2.48. The van der Waals surface area contributed by atoms with Gasteiger partial charge in [-0.2, -0.15) is 0 Å². The van der Waals surface area contributed by atoms with E-state index in [1.165, 1.54) is 24.1 Å². The molecule has 0 aromatic heterocycles. The lowest BCUT2D eigenvalue weighted by Crippen LogP contribution is -2.23. The lowest BCUT2D eigenvalue weighted by molar-refractivity contribution is 0.716. The Kier molecular flexibility index (Phi) is 5.05. The SMILES string of the molecule is CCCCN(Cc1ccc(C)c(N)c1)c1ccccc1. The number of benzene rings is 2. The molecule has 0 aliphatic rings. The Hall–Kier alpha value is -1.96. The fourth-order valence-electron chi connectivity index (χ4n) is 2.30. The minimum absolute atomic E-state index is 0.881. The summed E-state index contributed by atoms with van der Waals surface area (Å²) in [6, 6.07) is 17.0. The zero-order valence-corrected chi connectivity index (χ0v) is 12.5. The van der Waals surface area contributed by atoms with Crippen molar-refractivity contribution in [3.8, 4) is 0 Å². The molecule has 20 heavy (non-hydrogen) atoms. The van der Waals surface area contributed by atoms with Crippen LogP contribution in [0.25, 0.3) is 0 Å². The van der Waals surface area contributed by atoms with Gasteiger partial charge in [-0.05, 0) is 42.7 Å². The van der Waals surface area contributed by atoms with Gasteiger partial charge in [0.25, 0.3) is 0 Å². The number of para-hydroxylation sites is 1. The molecule has 0 aliphatic carbocycles. The van der Waals surface area contributed by atoms with E-state index in [2.05, 4.69) is 60.4 Å². The molecular weight excluding hydrogens is 244 g/mol. The zero-order valence-electron chi connectivity index (χ0n) is 12.5. The molecule has 0 fully saturated rings. The summed E-state index contributed by atoms with van der Waals surface area (Å²) in [7, 11) is 0. The Bertz CT molecular complexity index is 534. The molecule has 2 rings (SSSR count). The summed E-state index contributed by atoms with van der Waals surface area (Å²) < 4.78 is 0. The van der Waals surface area contributed by atoms with Gasteiger partial charge in [-0.25, -0.2) is 0 Å². The van der Waals surface area contributed by atoms with Crippen molar-refractivity contribution < 1.29 is 0 Å². The minimum Gasteiger partial charge on any atom is -0.399 e. The van der Waals surface area contributed by atoms with Gasteiger partial charge < -0.3 is 10.6 Å². The maximum absolute atomic E-state index is 6.02. The van der Waals surface area contributed by atoms with Crippen molar-refractivity contribution in [2.45, 2.75) is 33.2 Å². The first kappa shape index (κ1) is 14.4. The summed E-state index contributed by atoms with van der Waals surface area (Å²) in [4.78, 5) is 2.42. The van der Waals surface area contributed by atoms with Crippen molar-refractivity contribution in [3.05, 3.63) is 59.7 Å². The van der Waals surface area contributed by atoms with Crippen LogP contribution in [-0.2, 0) is 6.54 Å². The van der Waals surface area contributed by atoms with Crippen molar-refractivity contribution in [1.82, 2.24) is 0 Å². The van der Waals surface area contributed by atoms with Crippen molar-refractivity contribution in [1.29, 1.82) is 0 Å². The third kappa shape index (κ3) is 3.77. The van der Waals surface area contributed by atoms with Crippen LogP contribution in [0.2, 0.25) is 0 Å². The smallest absolute Gasteiger partial charge is 0.0430 e. The van der Waals surface area contributed by atoms with E-state index in [-0.39, 0.29) is 0 Å². The molecule has 0 saturated heterocycles. The predicted octanol–water partition coefficient (Wildman–Crippen LogP) is 4.38. The Morgan fingerprint density at radius 1 is 1.05 bits per heavy atom. The summed E-state index contributed by atoms with van der Waals surface area (Å²) in [6.45, 7) is 6.26. The van der Waals surface area contributed by atoms with Crippen LogP contribution in [0.1, 0.15) is 30.9 Å². The standard InChI is InChI=1S/C18H24N2/c1-3-4-12-20(17-8-6-5-7-9-17)14-16-11-10-15(2)18(19)13-16/h5-11,13H,3-4,12,14,19H2,1-2H3. The molecule has 0 aliphatic heterocycles. The van der Waals surface area contributed by atoms with Gasteiger partial charge in [0.2, 0.25) is 0 Å². The van der Waals surface area contributed by atoms with Gasteiger partial charge in [0.1, 0.15) is 0 Å². The quantitative estimate of drug-likeness (QED) is 0.788. The molecule has 0 bridgehead atoms. The summed E-state index contributed by atoms with van der Waals surface area (Å²) in [6.07, 6.45) is 2.41. The summed E-state index contributed by atoms with van der Waals surface area (Å²) >= 11 is 0. The maximum Gasteiger partial charge on any atom is 0.0430 e. The number of nitrogen functional groups attached to an aromatic ring is 1. The van der Waals surface area contributed by atoms with E-state index in [4.69, 9.17) is 5.73 Å². The number of hydrogen-bond donors (Lipinski definition) is 1. The summed E-state index contributed by atoms with van der Waals surface area (Å²) in [5, 5.41) is 0. The third-order valence-electron chi connectivity index (χ3n) is 3.62. The molecule has 2 N–H and O–H groups in total. The Morgan fingerprint density at radius 2 is 1.80 bits per heavy atom. The van der Waals surface area contributed by atoms with Crippen LogP contribution >= 0.6 is 0 Å². The summed E-state index contributed by atoms with van der Waals surface area (Å²) in [5.74, 6) is 0. The predicted molar refractivity (Wildman–Crippen MR) is 88.0 cm³/mol. The van der Waals surface area contributed by atoms with Gasteiger partial charge in [0.15, 0.2) is 0 Å². The molecule has 2 heteroatoms. The molecule has 0 unspecified atom stereocenters. The summed E-state index contributed by atoms with van der Waals surface area (Å²) in [5.41, 5.74) is 10.6. The Labute approximate surface area is 122 Å². The minimum atomic E-state index is 0.881. The van der Waals surface area contributed by atoms with Crippen LogP contribution in [0, 0.1) is 6.92 Å². The first-order valence-corrected chi connectivity index (χ1v) is 7.35. The van der Waals surface area contributed by atoms with Crippen LogP contribution in [0.15, 0.2) is 48.5 Å². The number of anilines is 2. The third-order valence-corrected chi connectivity index (χ3v) is 3.62. The maximum atomic E-state index is 6.02. The van der Waals surface area contributed by atoms with E-state index in [1.807, 2.05) is 6.92 Å². The second-order valence-corrected chi connectivity index (χ2v) is 5.30. The van der Waals surface area contributed by atoms with Crippen LogP contribution in [0.4, 0.5) is 11.4 Å². The molecular formula is C18H24N2. The van der Waals surface area contributed by atoms with Gasteiger partial charge in [0, 0.05) is 24.5 Å². The van der Waals surface area contributed by atoms with Crippen LogP contribution in [0.5, 0.6) is 0 Å². The number of rotatable bonds is 6. The number of unbranched alkanes of at least 4 members (excludes halogenated alkanes) is 1. The van der Waals surface area contributed by atoms with Crippen LogP contribution in [-0.4, -0.2) is 6.54 Å². The molecule has 0 atom stereocenters. The number of hydrogen-bond acceptors (Lipinski definition) is 2. The van der Waals surface area contributed by atoms with Crippen LogP contribution < -0.4 is 10.6 Å². The second kappa shape index (κ2) is 6.99. The average molecular weight is 268 g/mol. The molecule has 0 radical (unpaired) electrons. The highest BCUT2D eigenvalue weighted by atomic mass is 15.1. The monoisotopic (exact) mass is 268 g/mol. The Morgan fingerprint density at radius 3 is 2.45 bits per heavy atom. The lowest BCUT2D eigenvalue weighted by atomic mass is 10.1.